The minimum absolute atomic E-state index is 0.0289. The van der Waals surface area contributed by atoms with Crippen LogP contribution in [0.25, 0.3) is 10.8 Å². The standard InChI is InChI=1S/C26H21FN4O4/c27-19-12-10-18(11-13-19)22(32)14-15-23(33)28-29-25(34)24-20-8-4-5-9-21(20)26(35)31(30-24)16-17-6-2-1-3-7-17/h1-13H,14-16H2,(H,28,33)(H,29,34). The van der Waals surface area contributed by atoms with Crippen molar-refractivity contribution in [1.29, 1.82) is 0 Å². The fourth-order valence-electron chi connectivity index (χ4n) is 3.52. The Labute approximate surface area is 199 Å². The van der Waals surface area contributed by atoms with Crippen LogP contribution in [-0.2, 0) is 11.3 Å². The van der Waals surface area contributed by atoms with E-state index in [0.717, 1.165) is 5.56 Å². The number of fused-ring (bicyclic) bond motifs is 1. The van der Waals surface area contributed by atoms with Gasteiger partial charge in [-0.05, 0) is 35.9 Å². The molecule has 9 heteroatoms. The third-order valence-corrected chi connectivity index (χ3v) is 5.32. The summed E-state index contributed by atoms with van der Waals surface area (Å²) in [6.07, 6.45) is -0.297. The van der Waals surface area contributed by atoms with E-state index in [9.17, 15) is 23.6 Å². The van der Waals surface area contributed by atoms with Gasteiger partial charge in [0, 0.05) is 23.8 Å². The first-order chi connectivity index (χ1) is 16.9. The molecule has 0 spiro atoms. The van der Waals surface area contributed by atoms with Gasteiger partial charge in [0.2, 0.25) is 5.91 Å². The molecule has 4 aromatic rings. The fraction of sp³-hybridized carbons (Fsp3) is 0.115. The molecule has 0 radical (unpaired) electrons. The van der Waals surface area contributed by atoms with Crippen molar-refractivity contribution in [1.82, 2.24) is 20.6 Å². The number of Topliss-reactive ketones (excluding diaryl/α,β-unsaturated/α-hetero) is 1. The summed E-state index contributed by atoms with van der Waals surface area (Å²) in [6.45, 7) is 0.169. The highest BCUT2D eigenvalue weighted by Crippen LogP contribution is 2.14. The minimum Gasteiger partial charge on any atom is -0.294 e. The molecule has 0 aliphatic carbocycles. The van der Waals surface area contributed by atoms with E-state index in [-0.39, 0.29) is 36.4 Å². The van der Waals surface area contributed by atoms with Gasteiger partial charge >= 0.3 is 0 Å². The SMILES string of the molecule is O=C(CCC(=O)c1ccc(F)cc1)NNC(=O)c1nn(Cc2ccccc2)c(=O)c2ccccc12. The summed E-state index contributed by atoms with van der Waals surface area (Å²) >= 11 is 0. The number of hydrazine groups is 1. The van der Waals surface area contributed by atoms with E-state index < -0.39 is 17.6 Å². The first kappa shape index (κ1) is 23.5. The largest absolute Gasteiger partial charge is 0.294 e. The second kappa shape index (κ2) is 10.5. The van der Waals surface area contributed by atoms with Gasteiger partial charge in [-0.25, -0.2) is 9.07 Å². The number of amides is 2. The predicted molar refractivity (Wildman–Crippen MR) is 127 cm³/mol. The van der Waals surface area contributed by atoms with Crippen molar-refractivity contribution < 1.29 is 18.8 Å². The third kappa shape index (κ3) is 5.64. The average molecular weight is 472 g/mol. The molecule has 2 amide bonds. The van der Waals surface area contributed by atoms with Crippen LogP contribution in [0.15, 0.2) is 83.7 Å². The Bertz CT molecular complexity index is 1450. The van der Waals surface area contributed by atoms with Gasteiger partial charge in [0.1, 0.15) is 5.82 Å². The van der Waals surface area contributed by atoms with Crippen LogP contribution in [0.3, 0.4) is 0 Å². The molecule has 8 nitrogen and oxygen atoms in total. The van der Waals surface area contributed by atoms with E-state index in [1.165, 1.54) is 28.9 Å². The quantitative estimate of drug-likeness (QED) is 0.317. The monoisotopic (exact) mass is 472 g/mol. The second-order valence-electron chi connectivity index (χ2n) is 7.77. The number of carbonyl (C=O) groups excluding carboxylic acids is 3. The fourth-order valence-corrected chi connectivity index (χ4v) is 3.52. The summed E-state index contributed by atoms with van der Waals surface area (Å²) in [6, 6.07) is 20.8. The number of hydrogen-bond acceptors (Lipinski definition) is 5. The lowest BCUT2D eigenvalue weighted by Crippen LogP contribution is -2.43. The molecule has 0 unspecified atom stereocenters. The van der Waals surface area contributed by atoms with Crippen molar-refractivity contribution >= 4 is 28.4 Å². The summed E-state index contributed by atoms with van der Waals surface area (Å²) < 4.78 is 14.2. The maximum absolute atomic E-state index is 13.0. The molecule has 176 valence electrons. The number of hydrogen-bond donors (Lipinski definition) is 2. The Morgan fingerprint density at radius 2 is 1.46 bits per heavy atom. The van der Waals surface area contributed by atoms with Crippen LogP contribution in [-0.4, -0.2) is 27.4 Å². The summed E-state index contributed by atoms with van der Waals surface area (Å²) in [4.78, 5) is 50.1. The van der Waals surface area contributed by atoms with Crippen molar-refractivity contribution in [2.45, 2.75) is 19.4 Å². The van der Waals surface area contributed by atoms with E-state index in [0.29, 0.717) is 16.3 Å². The number of halogens is 1. The smallest absolute Gasteiger partial charge is 0.290 e. The van der Waals surface area contributed by atoms with Gasteiger partial charge < -0.3 is 0 Å². The molecule has 1 heterocycles. The van der Waals surface area contributed by atoms with Gasteiger partial charge in [-0.2, -0.15) is 5.10 Å². The van der Waals surface area contributed by atoms with Crippen molar-refractivity contribution in [3.8, 4) is 0 Å². The van der Waals surface area contributed by atoms with Crippen LogP contribution in [0.1, 0.15) is 39.3 Å². The van der Waals surface area contributed by atoms with Crippen LogP contribution in [0, 0.1) is 5.82 Å². The van der Waals surface area contributed by atoms with E-state index >= 15 is 0 Å². The Hall–Kier alpha value is -4.66. The Morgan fingerprint density at radius 1 is 0.800 bits per heavy atom. The maximum atomic E-state index is 13.0. The summed E-state index contributed by atoms with van der Waals surface area (Å²) in [5.74, 6) is -2.08. The topological polar surface area (TPSA) is 110 Å². The van der Waals surface area contributed by atoms with E-state index in [4.69, 9.17) is 0 Å². The first-order valence-corrected chi connectivity index (χ1v) is 10.8. The molecule has 0 atom stereocenters. The molecule has 35 heavy (non-hydrogen) atoms. The van der Waals surface area contributed by atoms with Crippen LogP contribution >= 0.6 is 0 Å². The zero-order valence-electron chi connectivity index (χ0n) is 18.5. The van der Waals surface area contributed by atoms with Gasteiger partial charge in [0.25, 0.3) is 11.5 Å². The van der Waals surface area contributed by atoms with E-state index in [2.05, 4.69) is 16.0 Å². The van der Waals surface area contributed by atoms with E-state index in [1.807, 2.05) is 30.3 Å². The maximum Gasteiger partial charge on any atom is 0.290 e. The van der Waals surface area contributed by atoms with Gasteiger partial charge in [-0.15, -0.1) is 0 Å². The Balaban J connectivity index is 1.45. The zero-order valence-corrected chi connectivity index (χ0v) is 18.5. The average Bonchev–Trinajstić information content (AvgIpc) is 2.88. The first-order valence-electron chi connectivity index (χ1n) is 10.8. The Morgan fingerprint density at radius 3 is 2.17 bits per heavy atom. The zero-order chi connectivity index (χ0) is 24.8. The molecule has 0 fully saturated rings. The molecular formula is C26H21FN4O4. The molecule has 0 bridgehead atoms. The molecule has 0 aliphatic rings. The molecule has 1 aromatic heterocycles. The van der Waals surface area contributed by atoms with Crippen molar-refractivity contribution in [3.05, 3.63) is 112 Å². The summed E-state index contributed by atoms with van der Waals surface area (Å²) in [5.41, 5.74) is 5.32. The minimum atomic E-state index is -0.707. The van der Waals surface area contributed by atoms with Crippen LogP contribution in [0.2, 0.25) is 0 Å². The van der Waals surface area contributed by atoms with Crippen LogP contribution in [0.5, 0.6) is 0 Å². The highest BCUT2D eigenvalue weighted by Gasteiger charge is 2.18. The molecule has 3 aromatic carbocycles. The molecule has 0 saturated carbocycles. The second-order valence-corrected chi connectivity index (χ2v) is 7.77. The lowest BCUT2D eigenvalue weighted by molar-refractivity contribution is -0.121. The van der Waals surface area contributed by atoms with Crippen molar-refractivity contribution in [2.24, 2.45) is 0 Å². The lowest BCUT2D eigenvalue weighted by atomic mass is 10.1. The molecular weight excluding hydrogens is 451 g/mol. The number of rotatable bonds is 7. The number of ketones is 1. The normalized spacial score (nSPS) is 10.7. The summed E-state index contributed by atoms with van der Waals surface area (Å²) in [5, 5.41) is 4.92. The van der Waals surface area contributed by atoms with Crippen LogP contribution in [0.4, 0.5) is 4.39 Å². The van der Waals surface area contributed by atoms with Crippen molar-refractivity contribution in [2.75, 3.05) is 0 Å². The molecule has 4 rings (SSSR count). The number of nitrogens with zero attached hydrogens (tertiary/aromatic N) is 2. The van der Waals surface area contributed by atoms with Gasteiger partial charge in [-0.3, -0.25) is 30.0 Å². The number of aromatic nitrogens is 2. The summed E-state index contributed by atoms with van der Waals surface area (Å²) in [7, 11) is 0. The number of nitrogens with one attached hydrogen (secondary N) is 2. The molecule has 0 saturated heterocycles. The highest BCUT2D eigenvalue weighted by molar-refractivity contribution is 6.05. The number of benzene rings is 3. The predicted octanol–water partition coefficient (Wildman–Crippen LogP) is 3.01. The van der Waals surface area contributed by atoms with Crippen LogP contribution < -0.4 is 16.4 Å². The number of carbonyl (C=O) groups is 3. The molecule has 2 N–H and O–H groups in total. The van der Waals surface area contributed by atoms with Crippen molar-refractivity contribution in [3.63, 3.8) is 0 Å². The van der Waals surface area contributed by atoms with Gasteiger partial charge in [0.05, 0.1) is 11.9 Å². The lowest BCUT2D eigenvalue weighted by Gasteiger charge is -2.12. The van der Waals surface area contributed by atoms with Gasteiger partial charge in [-0.1, -0.05) is 48.5 Å². The van der Waals surface area contributed by atoms with E-state index in [1.54, 1.807) is 24.3 Å². The van der Waals surface area contributed by atoms with Gasteiger partial charge in [0.15, 0.2) is 11.5 Å². The highest BCUT2D eigenvalue weighted by atomic mass is 19.1. The third-order valence-electron chi connectivity index (χ3n) is 5.32. The molecule has 0 aliphatic heterocycles. The Kier molecular flexibility index (Phi) is 7.06.